The van der Waals surface area contributed by atoms with Crippen LogP contribution in [0.1, 0.15) is 18.4 Å². The van der Waals surface area contributed by atoms with Gasteiger partial charge in [0.15, 0.2) is 0 Å². The molecule has 1 N–H and O–H groups in total. The lowest BCUT2D eigenvalue weighted by Gasteiger charge is -2.06. The summed E-state index contributed by atoms with van der Waals surface area (Å²) in [5.74, 6) is -0.407. The third-order valence-corrected chi connectivity index (χ3v) is 5.75. The number of methoxy groups -OCH3 is 1. The minimum absolute atomic E-state index is 0.0121. The molecule has 1 aromatic heterocycles. The van der Waals surface area contributed by atoms with E-state index < -0.39 is 16.0 Å². The van der Waals surface area contributed by atoms with E-state index >= 15 is 0 Å². The lowest BCUT2D eigenvalue weighted by molar-refractivity contribution is -0.139. The van der Waals surface area contributed by atoms with Crippen LogP contribution in [0.15, 0.2) is 30.6 Å². The fourth-order valence-corrected chi connectivity index (χ4v) is 3.74. The van der Waals surface area contributed by atoms with Crippen molar-refractivity contribution in [2.75, 3.05) is 7.11 Å². The number of aromatic hydroxyl groups is 1. The quantitative estimate of drug-likeness (QED) is 0.827. The van der Waals surface area contributed by atoms with Crippen LogP contribution in [0, 0.1) is 0 Å². The lowest BCUT2D eigenvalue weighted by atomic mass is 10.0. The Morgan fingerprint density at radius 2 is 2.17 bits per heavy atom. The molecule has 1 aromatic carbocycles. The number of carbonyl (C=O) groups excluding carboxylic acids is 1. The van der Waals surface area contributed by atoms with Gasteiger partial charge in [-0.3, -0.25) is 4.79 Å². The van der Waals surface area contributed by atoms with Crippen molar-refractivity contribution in [2.24, 2.45) is 0 Å². The molecule has 0 atom stereocenters. The van der Waals surface area contributed by atoms with Crippen molar-refractivity contribution >= 4 is 16.0 Å². The number of phenols is 1. The van der Waals surface area contributed by atoms with E-state index in [-0.39, 0.29) is 17.4 Å². The summed E-state index contributed by atoms with van der Waals surface area (Å²) < 4.78 is 29.9. The highest BCUT2D eigenvalue weighted by atomic mass is 32.2. The molecular formula is C15H16N2O5S. The summed E-state index contributed by atoms with van der Waals surface area (Å²) in [5, 5.41) is 13.5. The van der Waals surface area contributed by atoms with Crippen molar-refractivity contribution in [2.45, 2.75) is 24.5 Å². The summed E-state index contributed by atoms with van der Waals surface area (Å²) in [4.78, 5) is 11.4. The van der Waals surface area contributed by atoms with Gasteiger partial charge >= 0.3 is 5.97 Å². The summed E-state index contributed by atoms with van der Waals surface area (Å²) >= 11 is 0. The third kappa shape index (κ3) is 3.07. The van der Waals surface area contributed by atoms with Crippen molar-refractivity contribution in [1.29, 1.82) is 0 Å². The van der Waals surface area contributed by atoms with Crippen LogP contribution >= 0.6 is 0 Å². The van der Waals surface area contributed by atoms with E-state index in [0.717, 1.165) is 4.09 Å². The highest BCUT2D eigenvalue weighted by molar-refractivity contribution is 7.90. The summed E-state index contributed by atoms with van der Waals surface area (Å²) in [6.07, 6.45) is 4.13. The first kappa shape index (κ1) is 15.5. The predicted molar refractivity (Wildman–Crippen MR) is 82.4 cm³/mol. The fraction of sp³-hybridized carbons (Fsp3) is 0.333. The van der Waals surface area contributed by atoms with E-state index in [1.54, 1.807) is 12.1 Å². The Labute approximate surface area is 133 Å². The van der Waals surface area contributed by atoms with E-state index in [1.807, 2.05) is 0 Å². The zero-order valence-corrected chi connectivity index (χ0v) is 13.3. The molecule has 1 fully saturated rings. The van der Waals surface area contributed by atoms with Crippen molar-refractivity contribution in [3.8, 4) is 16.9 Å². The molecule has 1 saturated carbocycles. The van der Waals surface area contributed by atoms with Crippen molar-refractivity contribution in [3.63, 3.8) is 0 Å². The number of hydrogen-bond acceptors (Lipinski definition) is 6. The Bertz CT molecular complexity index is 853. The van der Waals surface area contributed by atoms with E-state index in [0.29, 0.717) is 29.5 Å². The number of nitrogens with zero attached hydrogens (tertiary/aromatic N) is 2. The highest BCUT2D eigenvalue weighted by Gasteiger charge is 2.37. The smallest absolute Gasteiger partial charge is 0.309 e. The number of rotatable bonds is 5. The Morgan fingerprint density at radius 3 is 2.83 bits per heavy atom. The first-order valence-corrected chi connectivity index (χ1v) is 8.60. The summed E-state index contributed by atoms with van der Waals surface area (Å²) in [5.41, 5.74) is 1.55. The molecule has 0 radical (unpaired) electrons. The van der Waals surface area contributed by atoms with Gasteiger partial charge in [0.2, 0.25) is 0 Å². The van der Waals surface area contributed by atoms with Gasteiger partial charge in [-0.15, -0.1) is 0 Å². The van der Waals surface area contributed by atoms with E-state index in [2.05, 4.69) is 9.84 Å². The molecule has 2 aromatic rings. The third-order valence-electron chi connectivity index (χ3n) is 3.71. The molecule has 1 aliphatic carbocycles. The van der Waals surface area contributed by atoms with E-state index in [9.17, 15) is 18.3 Å². The number of hydrogen-bond donors (Lipinski definition) is 1. The normalized spacial score (nSPS) is 14.7. The van der Waals surface area contributed by atoms with Crippen molar-refractivity contribution < 1.29 is 23.1 Å². The Balaban J connectivity index is 1.94. The zero-order chi connectivity index (χ0) is 16.6. The van der Waals surface area contributed by atoms with Gasteiger partial charge in [-0.1, -0.05) is 6.07 Å². The number of ether oxygens (including phenoxy) is 1. The van der Waals surface area contributed by atoms with Crippen LogP contribution in [0.3, 0.4) is 0 Å². The molecule has 0 unspecified atom stereocenters. The SMILES string of the molecule is COC(=O)Cc1ccc(O)c(-c2cnn(S(=O)(=O)C3CC3)c2)c1. The predicted octanol–water partition coefficient (Wildman–Crippen LogP) is 1.31. The minimum Gasteiger partial charge on any atom is -0.507 e. The second-order valence-corrected chi connectivity index (χ2v) is 7.52. The van der Waals surface area contributed by atoms with Gasteiger partial charge in [0.1, 0.15) is 5.75 Å². The van der Waals surface area contributed by atoms with Crippen molar-refractivity contribution in [1.82, 2.24) is 9.19 Å². The molecule has 23 heavy (non-hydrogen) atoms. The molecule has 1 aliphatic rings. The molecule has 8 heteroatoms. The zero-order valence-electron chi connectivity index (χ0n) is 12.5. The Hall–Kier alpha value is -2.35. The van der Waals surface area contributed by atoms with Crippen LogP contribution in [-0.2, 0) is 26.0 Å². The van der Waals surface area contributed by atoms with Gasteiger partial charge in [-0.05, 0) is 30.5 Å². The van der Waals surface area contributed by atoms with Crippen LogP contribution in [0.2, 0.25) is 0 Å². The van der Waals surface area contributed by atoms with Crippen LogP contribution < -0.4 is 0 Å². The standard InChI is InChI=1S/C15H16N2O5S/c1-22-15(19)7-10-2-5-14(18)13(6-10)11-8-16-17(9-11)23(20,21)12-3-4-12/h2,5-6,8-9,12,18H,3-4,7H2,1H3. The molecule has 0 bridgehead atoms. The summed E-state index contributed by atoms with van der Waals surface area (Å²) in [6, 6.07) is 4.69. The second-order valence-electron chi connectivity index (χ2n) is 5.45. The Kier molecular flexibility index (Phi) is 3.85. The van der Waals surface area contributed by atoms with Crippen LogP contribution in [0.5, 0.6) is 5.75 Å². The molecule has 122 valence electrons. The number of aromatic nitrogens is 2. The largest absolute Gasteiger partial charge is 0.507 e. The summed E-state index contributed by atoms with van der Waals surface area (Å²) in [6.45, 7) is 0. The maximum absolute atomic E-state index is 12.2. The highest BCUT2D eigenvalue weighted by Crippen LogP contribution is 2.33. The number of phenolic OH excluding ortho intramolecular Hbond substituents is 1. The second kappa shape index (κ2) is 5.69. The first-order chi connectivity index (χ1) is 10.9. The Morgan fingerprint density at radius 1 is 1.43 bits per heavy atom. The van der Waals surface area contributed by atoms with Gasteiger partial charge in [-0.2, -0.15) is 9.19 Å². The number of benzene rings is 1. The maximum atomic E-state index is 12.2. The summed E-state index contributed by atoms with van der Waals surface area (Å²) in [7, 11) is -2.15. The fourth-order valence-electron chi connectivity index (χ4n) is 2.26. The average Bonchev–Trinajstić information content (AvgIpc) is 3.27. The van der Waals surface area contributed by atoms with Crippen molar-refractivity contribution in [3.05, 3.63) is 36.2 Å². The van der Waals surface area contributed by atoms with Crippen LogP contribution in [0.25, 0.3) is 11.1 Å². The van der Waals surface area contributed by atoms with Crippen LogP contribution in [0.4, 0.5) is 0 Å². The molecule has 7 nitrogen and oxygen atoms in total. The molecule has 0 aliphatic heterocycles. The van der Waals surface area contributed by atoms with Gasteiger partial charge in [0, 0.05) is 11.1 Å². The molecule has 1 heterocycles. The van der Waals surface area contributed by atoms with Gasteiger partial charge in [-0.25, -0.2) is 8.42 Å². The number of carbonyl (C=O) groups is 1. The molecule has 3 rings (SSSR count). The van der Waals surface area contributed by atoms with Crippen LogP contribution in [-0.4, -0.2) is 41.0 Å². The van der Waals surface area contributed by atoms with E-state index in [1.165, 1.54) is 25.6 Å². The molecular weight excluding hydrogens is 320 g/mol. The maximum Gasteiger partial charge on any atom is 0.309 e. The van der Waals surface area contributed by atoms with Gasteiger partial charge < -0.3 is 9.84 Å². The van der Waals surface area contributed by atoms with Gasteiger partial charge in [0.05, 0.1) is 31.2 Å². The number of esters is 1. The van der Waals surface area contributed by atoms with E-state index in [4.69, 9.17) is 0 Å². The topological polar surface area (TPSA) is 98.5 Å². The molecule has 0 saturated heterocycles. The first-order valence-electron chi connectivity index (χ1n) is 7.10. The monoisotopic (exact) mass is 336 g/mol. The molecule has 0 spiro atoms. The minimum atomic E-state index is -3.45. The average molecular weight is 336 g/mol. The van der Waals surface area contributed by atoms with Gasteiger partial charge in [0.25, 0.3) is 10.0 Å². The molecule has 0 amide bonds. The lowest BCUT2D eigenvalue weighted by Crippen LogP contribution is -2.17.